The van der Waals surface area contributed by atoms with Gasteiger partial charge in [0.15, 0.2) is 5.82 Å². The van der Waals surface area contributed by atoms with Gasteiger partial charge in [-0.15, -0.1) is 0 Å². The summed E-state index contributed by atoms with van der Waals surface area (Å²) < 4.78 is 1.60. The van der Waals surface area contributed by atoms with E-state index in [1.54, 1.807) is 23.9 Å². The van der Waals surface area contributed by atoms with Crippen molar-refractivity contribution in [3.8, 4) is 5.82 Å². The maximum atomic E-state index is 10.9. The number of aromatic nitrogens is 4. The highest BCUT2D eigenvalue weighted by molar-refractivity contribution is 5.90. The molecule has 76 valence electrons. The number of rotatable bonds is 2. The van der Waals surface area contributed by atoms with E-state index in [2.05, 4.69) is 15.0 Å². The molecule has 0 atom stereocenters. The number of carboxylic acids is 1. The molecular formula is C9H8N4O2. The van der Waals surface area contributed by atoms with E-state index in [4.69, 9.17) is 5.11 Å². The lowest BCUT2D eigenvalue weighted by molar-refractivity contribution is 0.0696. The molecule has 2 heterocycles. The molecule has 6 nitrogen and oxygen atoms in total. The highest BCUT2D eigenvalue weighted by Crippen LogP contribution is 2.11. The van der Waals surface area contributed by atoms with Crippen molar-refractivity contribution in [1.82, 2.24) is 19.5 Å². The lowest BCUT2D eigenvalue weighted by Gasteiger charge is -2.05. The molecule has 0 radical (unpaired) electrons. The van der Waals surface area contributed by atoms with Crippen LogP contribution >= 0.6 is 0 Å². The number of aryl methyl sites for hydroxylation is 1. The minimum atomic E-state index is -1.06. The monoisotopic (exact) mass is 204 g/mol. The Balaban J connectivity index is 2.63. The zero-order valence-electron chi connectivity index (χ0n) is 7.95. The number of hydrogen-bond donors (Lipinski definition) is 1. The number of carboxylic acid groups (broad SMARTS) is 1. The summed E-state index contributed by atoms with van der Waals surface area (Å²) in [4.78, 5) is 22.5. The fraction of sp³-hybridized carbons (Fsp3) is 0.111. The van der Waals surface area contributed by atoms with Crippen LogP contribution in [-0.4, -0.2) is 30.6 Å². The number of aromatic carboxylic acids is 1. The van der Waals surface area contributed by atoms with Gasteiger partial charge in [0.2, 0.25) is 0 Å². The highest BCUT2D eigenvalue weighted by Gasteiger charge is 2.13. The van der Waals surface area contributed by atoms with Crippen molar-refractivity contribution in [3.05, 3.63) is 36.3 Å². The Hall–Kier alpha value is -2.24. The van der Waals surface area contributed by atoms with Gasteiger partial charge < -0.3 is 5.11 Å². The predicted molar refractivity (Wildman–Crippen MR) is 50.9 cm³/mol. The number of imidazole rings is 1. The van der Waals surface area contributed by atoms with Crippen LogP contribution in [0.5, 0.6) is 0 Å². The van der Waals surface area contributed by atoms with Crippen LogP contribution < -0.4 is 0 Å². The fourth-order valence-electron chi connectivity index (χ4n) is 1.27. The molecule has 0 aromatic carbocycles. The Morgan fingerprint density at radius 2 is 2.27 bits per heavy atom. The molecule has 0 saturated heterocycles. The molecule has 0 aliphatic rings. The van der Waals surface area contributed by atoms with Gasteiger partial charge in [0.1, 0.15) is 17.7 Å². The van der Waals surface area contributed by atoms with Crippen LogP contribution in [0.3, 0.4) is 0 Å². The summed E-state index contributed by atoms with van der Waals surface area (Å²) in [5.41, 5.74) is 0.0543. The quantitative estimate of drug-likeness (QED) is 0.777. The van der Waals surface area contributed by atoms with Gasteiger partial charge in [-0.1, -0.05) is 0 Å². The van der Waals surface area contributed by atoms with Crippen LogP contribution in [0, 0.1) is 6.92 Å². The average Bonchev–Trinajstić information content (AvgIpc) is 2.64. The molecule has 0 amide bonds. The van der Waals surface area contributed by atoms with Crippen molar-refractivity contribution in [3.63, 3.8) is 0 Å². The zero-order chi connectivity index (χ0) is 10.8. The second kappa shape index (κ2) is 3.49. The molecule has 1 N–H and O–H groups in total. The summed E-state index contributed by atoms with van der Waals surface area (Å²) in [6.45, 7) is 1.77. The summed E-state index contributed by atoms with van der Waals surface area (Å²) in [6.07, 6.45) is 5.82. The molecule has 15 heavy (non-hydrogen) atoms. The topological polar surface area (TPSA) is 80.9 Å². The normalized spacial score (nSPS) is 10.2. The first-order valence-electron chi connectivity index (χ1n) is 4.24. The molecule has 6 heteroatoms. The van der Waals surface area contributed by atoms with Gasteiger partial charge in [-0.05, 0) is 6.92 Å². The van der Waals surface area contributed by atoms with E-state index in [1.807, 2.05) is 0 Å². The van der Waals surface area contributed by atoms with Crippen LogP contribution in [0.2, 0.25) is 0 Å². The Morgan fingerprint density at radius 3 is 2.87 bits per heavy atom. The molecule has 2 aromatic heterocycles. The largest absolute Gasteiger partial charge is 0.477 e. The lowest BCUT2D eigenvalue weighted by atomic mass is 10.3. The van der Waals surface area contributed by atoms with Gasteiger partial charge in [0, 0.05) is 18.6 Å². The van der Waals surface area contributed by atoms with E-state index in [0.717, 1.165) is 0 Å². The van der Waals surface area contributed by atoms with Gasteiger partial charge in [0.05, 0.1) is 0 Å². The molecule has 0 saturated carbocycles. The maximum Gasteiger partial charge on any atom is 0.341 e. The van der Waals surface area contributed by atoms with E-state index in [9.17, 15) is 4.79 Å². The van der Waals surface area contributed by atoms with E-state index < -0.39 is 5.97 Å². The van der Waals surface area contributed by atoms with Crippen molar-refractivity contribution in [1.29, 1.82) is 0 Å². The first-order chi connectivity index (χ1) is 7.20. The maximum absolute atomic E-state index is 10.9. The zero-order valence-corrected chi connectivity index (χ0v) is 7.95. The summed E-state index contributed by atoms with van der Waals surface area (Å²) in [5.74, 6) is -0.0533. The van der Waals surface area contributed by atoms with Gasteiger partial charge >= 0.3 is 5.97 Å². The van der Waals surface area contributed by atoms with E-state index in [1.165, 1.54) is 12.5 Å². The van der Waals surface area contributed by atoms with Gasteiger partial charge in [0.25, 0.3) is 0 Å². The molecule has 0 fully saturated rings. The van der Waals surface area contributed by atoms with E-state index in [-0.39, 0.29) is 5.56 Å². The fourth-order valence-corrected chi connectivity index (χ4v) is 1.27. The first kappa shape index (κ1) is 9.32. The molecule has 0 aliphatic heterocycles. The van der Waals surface area contributed by atoms with Gasteiger partial charge in [-0.25, -0.2) is 19.7 Å². The Bertz CT molecular complexity index is 506. The summed E-state index contributed by atoms with van der Waals surface area (Å²) >= 11 is 0. The third-order valence-electron chi connectivity index (χ3n) is 1.98. The second-order valence-electron chi connectivity index (χ2n) is 2.91. The van der Waals surface area contributed by atoms with Crippen LogP contribution in [0.15, 0.2) is 24.9 Å². The third-order valence-corrected chi connectivity index (χ3v) is 1.98. The number of nitrogens with zero attached hydrogens (tertiary/aromatic N) is 4. The van der Waals surface area contributed by atoms with E-state index in [0.29, 0.717) is 11.6 Å². The standard InChI is InChI=1S/C9H8N4O2/c1-6-11-2-3-13(6)8-7(9(14)15)4-10-5-12-8/h2-5H,1H3,(H,14,15). The van der Waals surface area contributed by atoms with Crippen molar-refractivity contribution in [2.75, 3.05) is 0 Å². The SMILES string of the molecule is Cc1nccn1-c1ncncc1C(=O)O. The molecular weight excluding hydrogens is 196 g/mol. The molecule has 2 rings (SSSR count). The van der Waals surface area contributed by atoms with Crippen LogP contribution in [0.25, 0.3) is 5.82 Å². The minimum Gasteiger partial charge on any atom is -0.477 e. The number of carbonyl (C=O) groups is 1. The summed E-state index contributed by atoms with van der Waals surface area (Å²) in [5, 5.41) is 8.94. The van der Waals surface area contributed by atoms with Crippen LogP contribution in [-0.2, 0) is 0 Å². The van der Waals surface area contributed by atoms with Crippen molar-refractivity contribution in [2.45, 2.75) is 6.92 Å². The smallest absolute Gasteiger partial charge is 0.341 e. The molecule has 0 unspecified atom stereocenters. The van der Waals surface area contributed by atoms with Crippen LogP contribution in [0.4, 0.5) is 0 Å². The van der Waals surface area contributed by atoms with Gasteiger partial charge in [-0.3, -0.25) is 4.57 Å². The van der Waals surface area contributed by atoms with Gasteiger partial charge in [-0.2, -0.15) is 0 Å². The second-order valence-corrected chi connectivity index (χ2v) is 2.91. The predicted octanol–water partition coefficient (Wildman–Crippen LogP) is 0.669. The van der Waals surface area contributed by atoms with Crippen molar-refractivity contribution >= 4 is 5.97 Å². The van der Waals surface area contributed by atoms with Crippen LogP contribution in [0.1, 0.15) is 16.2 Å². The number of hydrogen-bond acceptors (Lipinski definition) is 4. The molecule has 0 bridgehead atoms. The lowest BCUT2D eigenvalue weighted by Crippen LogP contribution is -2.08. The molecule has 0 spiro atoms. The minimum absolute atomic E-state index is 0.0543. The first-order valence-corrected chi connectivity index (χ1v) is 4.24. The van der Waals surface area contributed by atoms with Crippen molar-refractivity contribution < 1.29 is 9.90 Å². The summed E-state index contributed by atoms with van der Waals surface area (Å²) in [7, 11) is 0. The van der Waals surface area contributed by atoms with Crippen molar-refractivity contribution in [2.24, 2.45) is 0 Å². The Morgan fingerprint density at radius 1 is 1.47 bits per heavy atom. The Labute approximate surface area is 85.3 Å². The molecule has 0 aliphatic carbocycles. The third kappa shape index (κ3) is 1.56. The molecule has 2 aromatic rings. The van der Waals surface area contributed by atoms with E-state index >= 15 is 0 Å². The average molecular weight is 204 g/mol. The highest BCUT2D eigenvalue weighted by atomic mass is 16.4. The summed E-state index contributed by atoms with van der Waals surface area (Å²) in [6, 6.07) is 0. The Kier molecular flexibility index (Phi) is 2.17.